The van der Waals surface area contributed by atoms with Crippen LogP contribution in [0.25, 0.3) is 0 Å². The van der Waals surface area contributed by atoms with Gasteiger partial charge in [0.25, 0.3) is 0 Å². The van der Waals surface area contributed by atoms with Crippen molar-refractivity contribution in [2.75, 3.05) is 34.3 Å². The Kier molecular flexibility index (Phi) is 12.5. The van der Waals surface area contributed by atoms with E-state index in [4.69, 9.17) is 4.74 Å². The molecule has 0 heterocycles. The van der Waals surface area contributed by atoms with Crippen LogP contribution in [0.3, 0.4) is 0 Å². The number of aliphatic hydroxyl groups is 1. The van der Waals surface area contributed by atoms with Crippen LogP contribution in [0.15, 0.2) is 0 Å². The van der Waals surface area contributed by atoms with E-state index in [-0.39, 0.29) is 12.4 Å². The molecule has 0 unspecified atom stereocenters. The van der Waals surface area contributed by atoms with Gasteiger partial charge in [-0.2, -0.15) is 0 Å². The molecule has 0 aliphatic carbocycles. The first kappa shape index (κ1) is 21.4. The molecule has 132 valence electrons. The Hall–Kier alpha value is -0.610. The topological polar surface area (TPSA) is 46.5 Å². The number of likely N-dealkylation sites (N-methyl/N-ethyl adjacent to an activating group) is 1. The number of aliphatic hydroxyl groups excluding tert-OH is 1. The summed E-state index contributed by atoms with van der Waals surface area (Å²) in [7, 11) is 5.99. The number of carbonyl (C=O) groups excluding carboxylic acids is 1. The Bertz CT molecular complexity index is 274. The molecule has 0 bridgehead atoms. The normalized spacial score (nSPS) is 13.1. The van der Waals surface area contributed by atoms with E-state index in [1.807, 2.05) is 21.1 Å². The number of esters is 1. The van der Waals surface area contributed by atoms with E-state index in [0.717, 1.165) is 12.8 Å². The number of unbranched alkanes of at least 4 members (excludes halogenated alkanes) is 8. The molecule has 0 saturated heterocycles. The first-order valence-corrected chi connectivity index (χ1v) is 8.99. The summed E-state index contributed by atoms with van der Waals surface area (Å²) in [6.07, 6.45) is 10.8. The van der Waals surface area contributed by atoms with Gasteiger partial charge in [-0.15, -0.1) is 0 Å². The third-order valence-corrected chi connectivity index (χ3v) is 3.67. The average molecular weight is 317 g/mol. The van der Waals surface area contributed by atoms with Gasteiger partial charge in [-0.05, 0) is 6.42 Å². The molecule has 0 rings (SSSR count). The summed E-state index contributed by atoms with van der Waals surface area (Å²) in [5.41, 5.74) is 0. The lowest BCUT2D eigenvalue weighted by molar-refractivity contribution is -0.873. The lowest BCUT2D eigenvalue weighted by atomic mass is 10.1. The van der Waals surface area contributed by atoms with E-state index in [2.05, 4.69) is 6.92 Å². The molecule has 0 fully saturated rings. The van der Waals surface area contributed by atoms with Crippen molar-refractivity contribution < 1.29 is 19.1 Å². The van der Waals surface area contributed by atoms with E-state index in [1.54, 1.807) is 0 Å². The molecule has 0 aromatic rings. The summed E-state index contributed by atoms with van der Waals surface area (Å²) >= 11 is 0. The second kappa shape index (κ2) is 12.9. The van der Waals surface area contributed by atoms with Gasteiger partial charge in [-0.25, -0.2) is 0 Å². The fourth-order valence-corrected chi connectivity index (χ4v) is 2.55. The van der Waals surface area contributed by atoms with Crippen LogP contribution in [-0.2, 0) is 9.53 Å². The molecular weight excluding hydrogens is 278 g/mol. The second-order valence-electron chi connectivity index (χ2n) is 7.38. The van der Waals surface area contributed by atoms with Gasteiger partial charge in [0.1, 0.15) is 12.6 Å². The fourth-order valence-electron chi connectivity index (χ4n) is 2.55. The highest BCUT2D eigenvalue weighted by molar-refractivity contribution is 5.69. The summed E-state index contributed by atoms with van der Waals surface area (Å²) in [4.78, 5) is 11.6. The Morgan fingerprint density at radius 1 is 0.955 bits per heavy atom. The minimum absolute atomic E-state index is 0.104. The van der Waals surface area contributed by atoms with Crippen LogP contribution in [0, 0.1) is 0 Å². The molecule has 0 aromatic carbocycles. The van der Waals surface area contributed by atoms with Gasteiger partial charge in [-0.3, -0.25) is 4.79 Å². The zero-order chi connectivity index (χ0) is 16.8. The fraction of sp³-hybridized carbons (Fsp3) is 0.944. The summed E-state index contributed by atoms with van der Waals surface area (Å²) in [5, 5.41) is 9.80. The van der Waals surface area contributed by atoms with Crippen LogP contribution in [0.4, 0.5) is 0 Å². The van der Waals surface area contributed by atoms with E-state index >= 15 is 0 Å². The molecule has 0 aliphatic rings. The third-order valence-electron chi connectivity index (χ3n) is 3.67. The van der Waals surface area contributed by atoms with E-state index in [0.29, 0.717) is 17.6 Å². The summed E-state index contributed by atoms with van der Waals surface area (Å²) in [6, 6.07) is 0. The first-order chi connectivity index (χ1) is 10.3. The molecule has 0 aliphatic heterocycles. The van der Waals surface area contributed by atoms with Gasteiger partial charge in [0.15, 0.2) is 0 Å². The minimum Gasteiger partial charge on any atom is -0.466 e. The highest BCUT2D eigenvalue weighted by Gasteiger charge is 2.19. The molecule has 4 heteroatoms. The van der Waals surface area contributed by atoms with Crippen molar-refractivity contribution >= 4 is 5.97 Å². The van der Waals surface area contributed by atoms with Gasteiger partial charge in [0.2, 0.25) is 0 Å². The lowest BCUT2D eigenvalue weighted by Gasteiger charge is -2.26. The van der Waals surface area contributed by atoms with Crippen LogP contribution in [0.5, 0.6) is 0 Å². The maximum absolute atomic E-state index is 11.6. The standard InChI is InChI=1S/C18H38NO3/c1-5-6-7-8-9-10-11-12-13-14-22-18(21)15-17(20)16-19(2,3)4/h17,20H,5-16H2,1-4H3/q+1/t17-/m1/s1. The zero-order valence-corrected chi connectivity index (χ0v) is 15.3. The number of carbonyl (C=O) groups is 1. The largest absolute Gasteiger partial charge is 0.466 e. The highest BCUT2D eigenvalue weighted by atomic mass is 16.5. The average Bonchev–Trinajstić information content (AvgIpc) is 2.38. The van der Waals surface area contributed by atoms with Crippen molar-refractivity contribution in [3.05, 3.63) is 0 Å². The molecule has 1 N–H and O–H groups in total. The van der Waals surface area contributed by atoms with Gasteiger partial charge in [0, 0.05) is 0 Å². The molecule has 1 atom stereocenters. The van der Waals surface area contributed by atoms with Crippen LogP contribution in [0.1, 0.15) is 71.1 Å². The maximum Gasteiger partial charge on any atom is 0.308 e. The van der Waals surface area contributed by atoms with Crippen molar-refractivity contribution in [2.24, 2.45) is 0 Å². The Balaban J connectivity index is 3.38. The Morgan fingerprint density at radius 3 is 1.95 bits per heavy atom. The van der Waals surface area contributed by atoms with Gasteiger partial charge in [0.05, 0.1) is 34.2 Å². The molecule has 4 nitrogen and oxygen atoms in total. The molecule has 0 amide bonds. The summed E-state index contributed by atoms with van der Waals surface area (Å²) in [6.45, 7) is 3.29. The van der Waals surface area contributed by atoms with Crippen molar-refractivity contribution in [1.29, 1.82) is 0 Å². The van der Waals surface area contributed by atoms with Crippen molar-refractivity contribution in [2.45, 2.75) is 77.2 Å². The molecule has 0 aromatic heterocycles. The lowest BCUT2D eigenvalue weighted by Crippen LogP contribution is -2.42. The molecule has 0 saturated carbocycles. The Labute approximate surface area is 137 Å². The van der Waals surface area contributed by atoms with Crippen LogP contribution >= 0.6 is 0 Å². The third kappa shape index (κ3) is 15.8. The van der Waals surface area contributed by atoms with E-state index in [9.17, 15) is 9.90 Å². The molecule has 0 radical (unpaired) electrons. The van der Waals surface area contributed by atoms with Crippen molar-refractivity contribution in [1.82, 2.24) is 0 Å². The van der Waals surface area contributed by atoms with Crippen molar-refractivity contribution in [3.63, 3.8) is 0 Å². The first-order valence-electron chi connectivity index (χ1n) is 8.99. The monoisotopic (exact) mass is 316 g/mol. The van der Waals surface area contributed by atoms with E-state index < -0.39 is 6.10 Å². The number of ether oxygens (including phenoxy) is 1. The summed E-state index contributed by atoms with van der Waals surface area (Å²) < 4.78 is 5.83. The SMILES string of the molecule is CCCCCCCCCCCOC(=O)C[C@@H](O)C[N+](C)(C)C. The number of rotatable bonds is 14. The van der Waals surface area contributed by atoms with Gasteiger partial charge >= 0.3 is 5.97 Å². The zero-order valence-electron chi connectivity index (χ0n) is 15.3. The van der Waals surface area contributed by atoms with Gasteiger partial charge < -0.3 is 14.3 Å². The minimum atomic E-state index is -0.615. The molecular formula is C18H38NO3+. The van der Waals surface area contributed by atoms with Crippen molar-refractivity contribution in [3.8, 4) is 0 Å². The summed E-state index contributed by atoms with van der Waals surface area (Å²) in [5.74, 6) is -0.277. The number of quaternary nitrogens is 1. The second-order valence-corrected chi connectivity index (χ2v) is 7.38. The van der Waals surface area contributed by atoms with Crippen LogP contribution in [0.2, 0.25) is 0 Å². The smallest absolute Gasteiger partial charge is 0.308 e. The van der Waals surface area contributed by atoms with Crippen LogP contribution in [-0.4, -0.2) is 56.0 Å². The molecule has 0 spiro atoms. The highest BCUT2D eigenvalue weighted by Crippen LogP contribution is 2.09. The number of nitrogens with zero attached hydrogens (tertiary/aromatic N) is 1. The molecule has 22 heavy (non-hydrogen) atoms. The number of hydrogen-bond donors (Lipinski definition) is 1. The van der Waals surface area contributed by atoms with Gasteiger partial charge in [-0.1, -0.05) is 58.3 Å². The van der Waals surface area contributed by atoms with E-state index in [1.165, 1.54) is 44.9 Å². The number of hydrogen-bond acceptors (Lipinski definition) is 3. The predicted octanol–water partition coefficient (Wildman–Crippen LogP) is 3.52. The quantitative estimate of drug-likeness (QED) is 0.303. The predicted molar refractivity (Wildman–Crippen MR) is 91.7 cm³/mol. The maximum atomic E-state index is 11.6. The van der Waals surface area contributed by atoms with Crippen LogP contribution < -0.4 is 0 Å². The Morgan fingerprint density at radius 2 is 1.45 bits per heavy atom.